The van der Waals surface area contributed by atoms with E-state index in [9.17, 15) is 19.6 Å². The van der Waals surface area contributed by atoms with Gasteiger partial charge in [-0.1, -0.05) is 30.3 Å². The fraction of sp³-hybridized carbons (Fsp3) is 0.591. The summed E-state index contributed by atoms with van der Waals surface area (Å²) in [6, 6.07) is 10.1. The molecule has 9 nitrogen and oxygen atoms in total. The molecule has 0 aliphatic carbocycles. The Morgan fingerprint density at radius 2 is 1.77 bits per heavy atom. The third kappa shape index (κ3) is 4.83. The van der Waals surface area contributed by atoms with Crippen LogP contribution in [0.3, 0.4) is 0 Å². The monoisotopic (exact) mass is 431 g/mol. The first-order valence-corrected chi connectivity index (χ1v) is 10.9. The topological polar surface area (TPSA) is 108 Å². The summed E-state index contributed by atoms with van der Waals surface area (Å²) < 4.78 is 10.7. The molecule has 31 heavy (non-hydrogen) atoms. The number of piperidine rings is 1. The first-order chi connectivity index (χ1) is 15.1. The molecule has 9 heteroatoms. The first kappa shape index (κ1) is 21.6. The number of nitrogens with zero attached hydrogens (tertiary/aromatic N) is 2. The van der Waals surface area contributed by atoms with Crippen LogP contribution in [0, 0.1) is 11.8 Å². The highest BCUT2D eigenvalue weighted by Crippen LogP contribution is 2.32. The summed E-state index contributed by atoms with van der Waals surface area (Å²) in [5, 5.41) is 9.22. The number of hydrogen-bond donors (Lipinski definition) is 2. The number of nitrogens with one attached hydrogen (secondary N) is 1. The molecule has 0 radical (unpaired) electrons. The lowest BCUT2D eigenvalue weighted by Gasteiger charge is -2.37. The number of hydrogen-bond acceptors (Lipinski definition) is 6. The maximum Gasteiger partial charge on any atom is 0.410 e. The molecule has 3 amide bonds. The van der Waals surface area contributed by atoms with Gasteiger partial charge in [0.2, 0.25) is 11.8 Å². The number of rotatable bonds is 4. The summed E-state index contributed by atoms with van der Waals surface area (Å²) in [4.78, 5) is 41.4. The van der Waals surface area contributed by atoms with Crippen molar-refractivity contribution in [2.24, 2.45) is 11.8 Å². The SMILES string of the molecule is O=C(NO)[C@H]1CN(C(=O)O[C@@H]2CCOC2)CC[C@@H]1C(=O)N1CC[C@H](c2ccccc2)C1. The van der Waals surface area contributed by atoms with E-state index >= 15 is 0 Å². The van der Waals surface area contributed by atoms with Crippen LogP contribution in [0.4, 0.5) is 4.79 Å². The van der Waals surface area contributed by atoms with E-state index < -0.39 is 23.8 Å². The molecule has 2 N–H and O–H groups in total. The summed E-state index contributed by atoms with van der Waals surface area (Å²) in [5.41, 5.74) is 2.87. The van der Waals surface area contributed by atoms with Crippen molar-refractivity contribution >= 4 is 17.9 Å². The number of ether oxygens (including phenoxy) is 2. The molecule has 0 aromatic heterocycles. The number of amides is 3. The van der Waals surface area contributed by atoms with Crippen molar-refractivity contribution in [1.29, 1.82) is 0 Å². The van der Waals surface area contributed by atoms with Crippen molar-refractivity contribution in [3.8, 4) is 0 Å². The van der Waals surface area contributed by atoms with Crippen LogP contribution in [0.25, 0.3) is 0 Å². The maximum atomic E-state index is 13.3. The molecule has 3 heterocycles. The Morgan fingerprint density at radius 3 is 2.48 bits per heavy atom. The Kier molecular flexibility index (Phi) is 6.72. The molecule has 0 unspecified atom stereocenters. The molecular weight excluding hydrogens is 402 g/mol. The average molecular weight is 431 g/mol. The third-order valence-corrected chi connectivity index (χ3v) is 6.56. The third-order valence-electron chi connectivity index (χ3n) is 6.56. The van der Waals surface area contributed by atoms with Gasteiger partial charge in [0, 0.05) is 38.5 Å². The molecule has 0 spiro atoms. The second-order valence-electron chi connectivity index (χ2n) is 8.47. The van der Waals surface area contributed by atoms with Gasteiger partial charge >= 0.3 is 6.09 Å². The predicted octanol–water partition coefficient (Wildman–Crippen LogP) is 1.37. The van der Waals surface area contributed by atoms with E-state index in [2.05, 4.69) is 12.1 Å². The van der Waals surface area contributed by atoms with Crippen molar-refractivity contribution in [2.45, 2.75) is 31.3 Å². The molecule has 4 atom stereocenters. The van der Waals surface area contributed by atoms with Gasteiger partial charge in [-0.2, -0.15) is 0 Å². The quantitative estimate of drug-likeness (QED) is 0.551. The molecule has 3 saturated heterocycles. The smallest absolute Gasteiger partial charge is 0.410 e. The van der Waals surface area contributed by atoms with Crippen LogP contribution in [-0.4, -0.2) is 78.4 Å². The molecule has 4 rings (SSSR count). The van der Waals surface area contributed by atoms with Gasteiger partial charge in [-0.15, -0.1) is 0 Å². The minimum atomic E-state index is -0.825. The molecular formula is C22H29N3O6. The Balaban J connectivity index is 1.39. The number of hydroxylamine groups is 1. The average Bonchev–Trinajstić information content (AvgIpc) is 3.50. The van der Waals surface area contributed by atoms with Crippen LogP contribution in [0.1, 0.15) is 30.7 Å². The zero-order chi connectivity index (χ0) is 21.8. The fourth-order valence-corrected chi connectivity index (χ4v) is 4.78. The Morgan fingerprint density at radius 1 is 1.00 bits per heavy atom. The van der Waals surface area contributed by atoms with Gasteiger partial charge < -0.3 is 19.3 Å². The van der Waals surface area contributed by atoms with Gasteiger partial charge in [0.15, 0.2) is 0 Å². The molecule has 1 aromatic rings. The first-order valence-electron chi connectivity index (χ1n) is 10.9. The highest BCUT2D eigenvalue weighted by molar-refractivity contribution is 5.88. The minimum Gasteiger partial charge on any atom is -0.444 e. The largest absolute Gasteiger partial charge is 0.444 e. The van der Waals surface area contributed by atoms with E-state index in [4.69, 9.17) is 9.47 Å². The van der Waals surface area contributed by atoms with Crippen LogP contribution in [0.2, 0.25) is 0 Å². The van der Waals surface area contributed by atoms with Crippen LogP contribution >= 0.6 is 0 Å². The van der Waals surface area contributed by atoms with Gasteiger partial charge in [-0.05, 0) is 18.4 Å². The second kappa shape index (κ2) is 9.65. The van der Waals surface area contributed by atoms with Crippen LogP contribution < -0.4 is 5.48 Å². The molecule has 3 fully saturated rings. The summed E-state index contributed by atoms with van der Waals surface area (Å²) in [6.45, 7) is 2.54. The second-order valence-corrected chi connectivity index (χ2v) is 8.47. The van der Waals surface area contributed by atoms with Crippen LogP contribution in [0.15, 0.2) is 30.3 Å². The predicted molar refractivity (Wildman–Crippen MR) is 109 cm³/mol. The Hall–Kier alpha value is -2.65. The normalized spacial score (nSPS) is 28.4. The van der Waals surface area contributed by atoms with Crippen molar-refractivity contribution < 1.29 is 29.1 Å². The van der Waals surface area contributed by atoms with Crippen molar-refractivity contribution in [3.05, 3.63) is 35.9 Å². The maximum absolute atomic E-state index is 13.3. The number of carbonyl (C=O) groups excluding carboxylic acids is 3. The minimum absolute atomic E-state index is 0.0329. The van der Waals surface area contributed by atoms with Gasteiger partial charge in [0.1, 0.15) is 6.10 Å². The lowest BCUT2D eigenvalue weighted by atomic mass is 9.84. The van der Waals surface area contributed by atoms with Crippen molar-refractivity contribution in [3.63, 3.8) is 0 Å². The Labute approximate surface area is 181 Å². The van der Waals surface area contributed by atoms with E-state index in [-0.39, 0.29) is 24.5 Å². The molecule has 0 saturated carbocycles. The van der Waals surface area contributed by atoms with Crippen molar-refractivity contribution in [1.82, 2.24) is 15.3 Å². The zero-order valence-electron chi connectivity index (χ0n) is 17.4. The lowest BCUT2D eigenvalue weighted by Crippen LogP contribution is -2.53. The van der Waals surface area contributed by atoms with Gasteiger partial charge in [-0.3, -0.25) is 14.8 Å². The van der Waals surface area contributed by atoms with Gasteiger partial charge in [-0.25, -0.2) is 10.3 Å². The molecule has 3 aliphatic rings. The molecule has 0 bridgehead atoms. The summed E-state index contributed by atoms with van der Waals surface area (Å²) >= 11 is 0. The summed E-state index contributed by atoms with van der Waals surface area (Å²) in [7, 11) is 0. The van der Waals surface area contributed by atoms with E-state index in [0.29, 0.717) is 45.7 Å². The summed E-state index contributed by atoms with van der Waals surface area (Å²) in [5.74, 6) is -1.88. The number of benzene rings is 1. The number of carbonyl (C=O) groups is 3. The molecule has 1 aromatic carbocycles. The van der Waals surface area contributed by atoms with E-state index in [1.54, 1.807) is 5.48 Å². The van der Waals surface area contributed by atoms with Crippen LogP contribution in [-0.2, 0) is 19.1 Å². The van der Waals surface area contributed by atoms with E-state index in [1.165, 1.54) is 10.5 Å². The highest BCUT2D eigenvalue weighted by Gasteiger charge is 2.43. The lowest BCUT2D eigenvalue weighted by molar-refractivity contribution is -0.147. The summed E-state index contributed by atoms with van der Waals surface area (Å²) in [6.07, 6.45) is 1.08. The van der Waals surface area contributed by atoms with E-state index in [0.717, 1.165) is 6.42 Å². The van der Waals surface area contributed by atoms with Gasteiger partial charge in [0.25, 0.3) is 0 Å². The number of likely N-dealkylation sites (tertiary alicyclic amines) is 2. The van der Waals surface area contributed by atoms with Crippen LogP contribution in [0.5, 0.6) is 0 Å². The fourth-order valence-electron chi connectivity index (χ4n) is 4.78. The van der Waals surface area contributed by atoms with Crippen molar-refractivity contribution in [2.75, 3.05) is 39.4 Å². The molecule has 168 valence electrons. The Bertz CT molecular complexity index is 798. The standard InChI is InChI=1S/C22H29N3O6/c26-20(23-29)19-13-25(22(28)31-17-8-11-30-14-17)10-7-18(19)21(27)24-9-6-16(12-24)15-4-2-1-3-5-15/h1-5,16-19,29H,6-14H2,(H,23,26)/t16-,17+,18-,19-/m0/s1. The molecule has 3 aliphatic heterocycles. The van der Waals surface area contributed by atoms with Gasteiger partial charge in [0.05, 0.1) is 25.0 Å². The van der Waals surface area contributed by atoms with E-state index in [1.807, 2.05) is 23.1 Å². The zero-order valence-corrected chi connectivity index (χ0v) is 17.4. The highest BCUT2D eigenvalue weighted by atomic mass is 16.6.